The summed E-state index contributed by atoms with van der Waals surface area (Å²) < 4.78 is 21.1. The van der Waals surface area contributed by atoms with Crippen molar-refractivity contribution in [1.82, 2.24) is 14.9 Å². The third-order valence-corrected chi connectivity index (χ3v) is 5.28. The Bertz CT molecular complexity index is 983. The number of aromatic nitrogens is 2. The van der Waals surface area contributed by atoms with E-state index in [0.29, 0.717) is 12.0 Å². The summed E-state index contributed by atoms with van der Waals surface area (Å²) in [6, 6.07) is 13.8. The molecule has 6 heteroatoms. The Kier molecular flexibility index (Phi) is 4.86. The van der Waals surface area contributed by atoms with Gasteiger partial charge >= 0.3 is 0 Å². The minimum absolute atomic E-state index is 0.0703. The number of amides is 1. The highest BCUT2D eigenvalue weighted by Gasteiger charge is 2.45. The Morgan fingerprint density at radius 1 is 1.25 bits per heavy atom. The van der Waals surface area contributed by atoms with Crippen LogP contribution in [0.2, 0.25) is 0 Å². The molecule has 3 atom stereocenters. The lowest BCUT2D eigenvalue weighted by atomic mass is 10.0. The number of nitrogens with one attached hydrogen (secondary N) is 1. The number of carbonyl (C=O) groups is 1. The molecular formula is C22H22FN3O2. The topological polar surface area (TPSA) is 56.1 Å². The molecule has 1 N–H and O–H groups in total. The summed E-state index contributed by atoms with van der Waals surface area (Å²) in [5.74, 6) is 0.852. The average Bonchev–Trinajstić information content (AvgIpc) is 3.40. The van der Waals surface area contributed by atoms with E-state index >= 15 is 0 Å². The van der Waals surface area contributed by atoms with Crippen molar-refractivity contribution in [3.63, 3.8) is 0 Å². The van der Waals surface area contributed by atoms with Gasteiger partial charge in [-0.2, -0.15) is 0 Å². The Balaban J connectivity index is 1.55. The molecule has 1 aromatic heterocycles. The van der Waals surface area contributed by atoms with Crippen LogP contribution in [0.5, 0.6) is 5.75 Å². The van der Waals surface area contributed by atoms with E-state index in [2.05, 4.69) is 10.3 Å². The van der Waals surface area contributed by atoms with Crippen molar-refractivity contribution in [1.29, 1.82) is 0 Å². The minimum Gasteiger partial charge on any atom is -0.497 e. The molecule has 4 rings (SSSR count). The molecule has 28 heavy (non-hydrogen) atoms. The molecule has 0 radical (unpaired) electrons. The van der Waals surface area contributed by atoms with Crippen LogP contribution in [0.3, 0.4) is 0 Å². The van der Waals surface area contributed by atoms with E-state index in [1.807, 2.05) is 42.1 Å². The highest BCUT2D eigenvalue weighted by Crippen LogP contribution is 2.48. The minimum atomic E-state index is -0.389. The van der Waals surface area contributed by atoms with E-state index in [0.717, 1.165) is 17.1 Å². The maximum Gasteiger partial charge on any atom is 0.224 e. The molecule has 0 saturated heterocycles. The Labute approximate surface area is 163 Å². The number of hydrogen-bond acceptors (Lipinski definition) is 3. The van der Waals surface area contributed by atoms with Gasteiger partial charge in [-0.25, -0.2) is 9.37 Å². The summed E-state index contributed by atoms with van der Waals surface area (Å²) >= 11 is 0. The molecule has 3 unspecified atom stereocenters. The first-order chi connectivity index (χ1) is 13.6. The molecule has 144 valence electrons. The van der Waals surface area contributed by atoms with Crippen molar-refractivity contribution in [3.05, 3.63) is 83.7 Å². The van der Waals surface area contributed by atoms with Gasteiger partial charge < -0.3 is 14.6 Å². The summed E-state index contributed by atoms with van der Waals surface area (Å²) in [5, 5.41) is 3.11. The highest BCUT2D eigenvalue weighted by atomic mass is 19.1. The average molecular weight is 379 g/mol. The molecule has 2 aromatic carbocycles. The summed E-state index contributed by atoms with van der Waals surface area (Å²) in [6.07, 6.45) is 4.21. The fraction of sp³-hybridized carbons (Fsp3) is 0.273. The van der Waals surface area contributed by atoms with Gasteiger partial charge in [0.15, 0.2) is 0 Å². The predicted octanol–water partition coefficient (Wildman–Crippen LogP) is 3.58. The van der Waals surface area contributed by atoms with Gasteiger partial charge in [-0.15, -0.1) is 0 Å². The second-order valence-electron chi connectivity index (χ2n) is 7.08. The first kappa shape index (κ1) is 18.2. The van der Waals surface area contributed by atoms with Gasteiger partial charge in [0.2, 0.25) is 5.91 Å². The first-order valence-corrected chi connectivity index (χ1v) is 9.24. The van der Waals surface area contributed by atoms with E-state index in [-0.39, 0.29) is 29.6 Å². The summed E-state index contributed by atoms with van der Waals surface area (Å²) in [4.78, 5) is 17.3. The molecule has 5 nitrogen and oxygen atoms in total. The molecule has 1 aliphatic carbocycles. The van der Waals surface area contributed by atoms with E-state index in [9.17, 15) is 9.18 Å². The quantitative estimate of drug-likeness (QED) is 0.712. The lowest BCUT2D eigenvalue weighted by Gasteiger charge is -2.19. The number of hydrogen-bond donors (Lipinski definition) is 1. The van der Waals surface area contributed by atoms with Crippen LogP contribution >= 0.6 is 0 Å². The largest absolute Gasteiger partial charge is 0.497 e. The van der Waals surface area contributed by atoms with Crippen molar-refractivity contribution in [2.24, 2.45) is 13.0 Å². The molecule has 0 bridgehead atoms. The Morgan fingerprint density at radius 3 is 2.64 bits per heavy atom. The number of imidazole rings is 1. The molecule has 1 aliphatic rings. The lowest BCUT2D eigenvalue weighted by molar-refractivity contribution is -0.123. The summed E-state index contributed by atoms with van der Waals surface area (Å²) in [7, 11) is 3.51. The number of ether oxygens (including phenoxy) is 1. The van der Waals surface area contributed by atoms with Gasteiger partial charge in [0, 0.05) is 25.4 Å². The number of benzene rings is 2. The Hall–Kier alpha value is -3.15. The summed E-state index contributed by atoms with van der Waals surface area (Å²) in [6.45, 7) is 0. The fourth-order valence-electron chi connectivity index (χ4n) is 3.60. The zero-order valence-corrected chi connectivity index (χ0v) is 15.8. The SMILES string of the molecule is COc1ccc(C(NC(=O)C2CC2c2ccccc2F)c2nccn2C)cc1. The molecule has 1 amide bonds. The lowest BCUT2D eigenvalue weighted by Crippen LogP contribution is -2.32. The van der Waals surface area contributed by atoms with Gasteiger partial charge in [0.05, 0.1) is 7.11 Å². The Morgan fingerprint density at radius 2 is 2.00 bits per heavy atom. The third kappa shape index (κ3) is 3.50. The van der Waals surface area contributed by atoms with Crippen LogP contribution in [-0.2, 0) is 11.8 Å². The van der Waals surface area contributed by atoms with Crippen LogP contribution in [0.1, 0.15) is 35.3 Å². The predicted molar refractivity (Wildman–Crippen MR) is 103 cm³/mol. The van der Waals surface area contributed by atoms with E-state index in [1.165, 1.54) is 6.07 Å². The van der Waals surface area contributed by atoms with Crippen LogP contribution in [0.25, 0.3) is 0 Å². The van der Waals surface area contributed by atoms with E-state index in [4.69, 9.17) is 4.74 Å². The van der Waals surface area contributed by atoms with Crippen LogP contribution in [0.15, 0.2) is 60.9 Å². The van der Waals surface area contributed by atoms with Gasteiger partial charge in [0.1, 0.15) is 23.4 Å². The molecule has 1 fully saturated rings. The van der Waals surface area contributed by atoms with Crippen molar-refractivity contribution in [2.45, 2.75) is 18.4 Å². The van der Waals surface area contributed by atoms with Crippen LogP contribution in [0, 0.1) is 11.7 Å². The van der Waals surface area contributed by atoms with Gasteiger partial charge in [-0.1, -0.05) is 30.3 Å². The van der Waals surface area contributed by atoms with E-state index < -0.39 is 0 Å². The van der Waals surface area contributed by atoms with Crippen molar-refractivity contribution < 1.29 is 13.9 Å². The van der Waals surface area contributed by atoms with Crippen molar-refractivity contribution in [2.75, 3.05) is 7.11 Å². The normalized spacial score (nSPS) is 19.1. The van der Waals surface area contributed by atoms with E-state index in [1.54, 1.807) is 31.5 Å². The third-order valence-electron chi connectivity index (χ3n) is 5.28. The number of carbonyl (C=O) groups excluding carboxylic acids is 1. The number of rotatable bonds is 6. The number of nitrogens with zero attached hydrogens (tertiary/aromatic N) is 2. The maximum atomic E-state index is 14.0. The van der Waals surface area contributed by atoms with Crippen molar-refractivity contribution in [3.8, 4) is 5.75 Å². The van der Waals surface area contributed by atoms with Gasteiger partial charge in [-0.3, -0.25) is 4.79 Å². The zero-order chi connectivity index (χ0) is 19.7. The first-order valence-electron chi connectivity index (χ1n) is 9.24. The molecular weight excluding hydrogens is 357 g/mol. The zero-order valence-electron chi connectivity index (χ0n) is 15.8. The molecule has 1 heterocycles. The van der Waals surface area contributed by atoms with Crippen molar-refractivity contribution >= 4 is 5.91 Å². The monoisotopic (exact) mass is 379 g/mol. The highest BCUT2D eigenvalue weighted by molar-refractivity contribution is 5.83. The van der Waals surface area contributed by atoms with Crippen LogP contribution in [-0.4, -0.2) is 22.6 Å². The number of halogens is 1. The standard InChI is InChI=1S/C22H22FN3O2/c1-26-12-11-24-21(26)20(14-7-9-15(28-2)10-8-14)25-22(27)18-13-17(18)16-5-3-4-6-19(16)23/h3-12,17-18,20H,13H2,1-2H3,(H,25,27). The maximum absolute atomic E-state index is 14.0. The fourth-order valence-corrected chi connectivity index (χ4v) is 3.60. The molecule has 3 aromatic rings. The molecule has 0 aliphatic heterocycles. The second kappa shape index (κ2) is 7.46. The molecule has 1 saturated carbocycles. The van der Waals surface area contributed by atoms with Crippen LogP contribution in [0.4, 0.5) is 4.39 Å². The van der Waals surface area contributed by atoms with Crippen LogP contribution < -0.4 is 10.1 Å². The number of aryl methyl sites for hydroxylation is 1. The van der Waals surface area contributed by atoms with Gasteiger partial charge in [-0.05, 0) is 41.7 Å². The second-order valence-corrected chi connectivity index (χ2v) is 7.08. The smallest absolute Gasteiger partial charge is 0.224 e. The summed E-state index contributed by atoms with van der Waals surface area (Å²) in [5.41, 5.74) is 1.52. The number of methoxy groups -OCH3 is 1. The molecule has 0 spiro atoms. The van der Waals surface area contributed by atoms with Gasteiger partial charge in [0.25, 0.3) is 0 Å².